The summed E-state index contributed by atoms with van der Waals surface area (Å²) < 4.78 is 0. The summed E-state index contributed by atoms with van der Waals surface area (Å²) in [5, 5.41) is 9.08. The zero-order chi connectivity index (χ0) is 14.4. The van der Waals surface area contributed by atoms with E-state index in [0.29, 0.717) is 18.7 Å². The van der Waals surface area contributed by atoms with Crippen LogP contribution in [0.2, 0.25) is 0 Å². The van der Waals surface area contributed by atoms with Gasteiger partial charge in [0.1, 0.15) is 0 Å². The van der Waals surface area contributed by atoms with E-state index in [4.69, 9.17) is 5.26 Å². The van der Waals surface area contributed by atoms with Gasteiger partial charge in [-0.05, 0) is 24.5 Å². The standard InChI is InChI=1S/C15H19BrN2O/c1-4-18(15(19)14(16)11(2)3)10-13-8-6-5-7-12(13)9-17/h5-8,11,14H,4,10H2,1-3H3. The van der Waals surface area contributed by atoms with Gasteiger partial charge < -0.3 is 4.90 Å². The van der Waals surface area contributed by atoms with Crippen molar-refractivity contribution in [2.24, 2.45) is 5.92 Å². The molecule has 19 heavy (non-hydrogen) atoms. The van der Waals surface area contributed by atoms with E-state index in [-0.39, 0.29) is 16.7 Å². The van der Waals surface area contributed by atoms with Gasteiger partial charge in [0.2, 0.25) is 5.91 Å². The summed E-state index contributed by atoms with van der Waals surface area (Å²) in [6.07, 6.45) is 0. The normalized spacial score (nSPS) is 12.0. The molecule has 0 bridgehead atoms. The molecule has 0 saturated carbocycles. The molecule has 0 aliphatic rings. The van der Waals surface area contributed by atoms with Crippen molar-refractivity contribution >= 4 is 21.8 Å². The number of halogens is 1. The van der Waals surface area contributed by atoms with Gasteiger partial charge in [-0.25, -0.2) is 0 Å². The number of nitriles is 1. The lowest BCUT2D eigenvalue weighted by molar-refractivity contribution is -0.131. The van der Waals surface area contributed by atoms with E-state index in [1.165, 1.54) is 0 Å². The molecule has 3 nitrogen and oxygen atoms in total. The van der Waals surface area contributed by atoms with Crippen LogP contribution < -0.4 is 0 Å². The minimum atomic E-state index is -0.179. The van der Waals surface area contributed by atoms with Gasteiger partial charge in [0.05, 0.1) is 16.5 Å². The summed E-state index contributed by atoms with van der Waals surface area (Å²) in [6, 6.07) is 9.57. The van der Waals surface area contributed by atoms with Crippen molar-refractivity contribution in [2.75, 3.05) is 6.54 Å². The maximum Gasteiger partial charge on any atom is 0.236 e. The fraction of sp³-hybridized carbons (Fsp3) is 0.467. The molecule has 0 heterocycles. The van der Waals surface area contributed by atoms with E-state index in [9.17, 15) is 4.79 Å². The Bertz CT molecular complexity index is 479. The maximum atomic E-state index is 12.3. The molecule has 4 heteroatoms. The first-order chi connectivity index (χ1) is 9.01. The highest BCUT2D eigenvalue weighted by atomic mass is 79.9. The van der Waals surface area contributed by atoms with Crippen molar-refractivity contribution in [3.63, 3.8) is 0 Å². The largest absolute Gasteiger partial charge is 0.338 e. The Balaban J connectivity index is 2.89. The van der Waals surface area contributed by atoms with Crippen LogP contribution in [0.4, 0.5) is 0 Å². The van der Waals surface area contributed by atoms with Crippen LogP contribution in [0.15, 0.2) is 24.3 Å². The van der Waals surface area contributed by atoms with Crippen molar-refractivity contribution in [3.05, 3.63) is 35.4 Å². The molecule has 102 valence electrons. The van der Waals surface area contributed by atoms with E-state index in [0.717, 1.165) is 5.56 Å². The second-order valence-corrected chi connectivity index (χ2v) is 5.75. The Labute approximate surface area is 123 Å². The van der Waals surface area contributed by atoms with E-state index < -0.39 is 0 Å². The fourth-order valence-electron chi connectivity index (χ4n) is 1.78. The van der Waals surface area contributed by atoms with Crippen molar-refractivity contribution in [1.29, 1.82) is 5.26 Å². The fourth-order valence-corrected chi connectivity index (χ4v) is 2.07. The average Bonchev–Trinajstić information content (AvgIpc) is 2.43. The van der Waals surface area contributed by atoms with Crippen LogP contribution >= 0.6 is 15.9 Å². The Morgan fingerprint density at radius 2 is 2.05 bits per heavy atom. The Hall–Kier alpha value is -1.34. The van der Waals surface area contributed by atoms with Crippen molar-refractivity contribution in [3.8, 4) is 6.07 Å². The van der Waals surface area contributed by atoms with Gasteiger partial charge in [-0.15, -0.1) is 0 Å². The van der Waals surface area contributed by atoms with E-state index >= 15 is 0 Å². The first-order valence-corrected chi connectivity index (χ1v) is 7.33. The van der Waals surface area contributed by atoms with Gasteiger partial charge in [-0.2, -0.15) is 5.26 Å². The lowest BCUT2D eigenvalue weighted by Crippen LogP contribution is -2.38. The zero-order valence-electron chi connectivity index (χ0n) is 11.6. The van der Waals surface area contributed by atoms with Gasteiger partial charge >= 0.3 is 0 Å². The predicted octanol–water partition coefficient (Wildman–Crippen LogP) is 3.33. The summed E-state index contributed by atoms with van der Waals surface area (Å²) in [5.74, 6) is 0.318. The van der Waals surface area contributed by atoms with Crippen LogP contribution in [0.5, 0.6) is 0 Å². The third-order valence-corrected chi connectivity index (χ3v) is 4.46. The first-order valence-electron chi connectivity index (χ1n) is 6.42. The number of carbonyl (C=O) groups excluding carboxylic acids is 1. The molecule has 0 aliphatic carbocycles. The minimum absolute atomic E-state index is 0.0743. The van der Waals surface area contributed by atoms with Crippen LogP contribution in [0.25, 0.3) is 0 Å². The smallest absolute Gasteiger partial charge is 0.236 e. The molecule has 0 saturated heterocycles. The number of hydrogen-bond donors (Lipinski definition) is 0. The molecule has 1 aromatic rings. The van der Waals surface area contributed by atoms with Gasteiger partial charge in [0, 0.05) is 13.1 Å². The number of nitrogens with zero attached hydrogens (tertiary/aromatic N) is 2. The van der Waals surface area contributed by atoms with Crippen molar-refractivity contribution in [2.45, 2.75) is 32.1 Å². The lowest BCUT2D eigenvalue weighted by Gasteiger charge is -2.25. The first kappa shape index (κ1) is 15.7. The highest BCUT2D eigenvalue weighted by molar-refractivity contribution is 9.10. The number of hydrogen-bond acceptors (Lipinski definition) is 2. The predicted molar refractivity (Wildman–Crippen MR) is 79.8 cm³/mol. The van der Waals surface area contributed by atoms with Crippen molar-refractivity contribution in [1.82, 2.24) is 4.90 Å². The van der Waals surface area contributed by atoms with E-state index in [2.05, 4.69) is 22.0 Å². The number of benzene rings is 1. The van der Waals surface area contributed by atoms with Crippen LogP contribution in [-0.4, -0.2) is 22.2 Å². The summed E-state index contributed by atoms with van der Waals surface area (Å²) >= 11 is 3.44. The molecule has 0 N–H and O–H groups in total. The second-order valence-electron chi connectivity index (χ2n) is 4.77. The lowest BCUT2D eigenvalue weighted by atomic mass is 10.1. The topological polar surface area (TPSA) is 44.1 Å². The third kappa shape index (κ3) is 4.07. The van der Waals surface area contributed by atoms with Crippen molar-refractivity contribution < 1.29 is 4.79 Å². The minimum Gasteiger partial charge on any atom is -0.338 e. The van der Waals surface area contributed by atoms with Crippen LogP contribution in [0, 0.1) is 17.2 Å². The average molecular weight is 323 g/mol. The van der Waals surface area contributed by atoms with Gasteiger partial charge in [0.25, 0.3) is 0 Å². The molecule has 0 fully saturated rings. The number of alkyl halides is 1. The molecule has 0 aromatic heterocycles. The summed E-state index contributed by atoms with van der Waals surface area (Å²) in [4.78, 5) is 13.9. The molecule has 1 atom stereocenters. The van der Waals surface area contributed by atoms with E-state index in [1.807, 2.05) is 39.0 Å². The van der Waals surface area contributed by atoms with Crippen LogP contribution in [0.3, 0.4) is 0 Å². The molecule has 1 unspecified atom stereocenters. The third-order valence-electron chi connectivity index (χ3n) is 3.01. The molecule has 0 aliphatic heterocycles. The summed E-state index contributed by atoms with van der Waals surface area (Å²) in [7, 11) is 0. The molecule has 1 aromatic carbocycles. The summed E-state index contributed by atoms with van der Waals surface area (Å²) in [5.41, 5.74) is 1.52. The molecule has 1 rings (SSSR count). The van der Waals surface area contributed by atoms with Crippen LogP contribution in [-0.2, 0) is 11.3 Å². The number of rotatable bonds is 5. The Morgan fingerprint density at radius 1 is 1.42 bits per heavy atom. The quantitative estimate of drug-likeness (QED) is 0.780. The highest BCUT2D eigenvalue weighted by Gasteiger charge is 2.24. The van der Waals surface area contributed by atoms with Gasteiger partial charge in [-0.3, -0.25) is 4.79 Å². The van der Waals surface area contributed by atoms with E-state index in [1.54, 1.807) is 11.0 Å². The zero-order valence-corrected chi connectivity index (χ0v) is 13.1. The molecular formula is C15H19BrN2O. The summed E-state index contributed by atoms with van der Waals surface area (Å²) in [6.45, 7) is 7.08. The Kier molecular flexibility index (Phi) is 6.04. The SMILES string of the molecule is CCN(Cc1ccccc1C#N)C(=O)C(Br)C(C)C. The Morgan fingerprint density at radius 3 is 2.58 bits per heavy atom. The number of carbonyl (C=O) groups is 1. The molecular weight excluding hydrogens is 304 g/mol. The number of amides is 1. The monoisotopic (exact) mass is 322 g/mol. The molecule has 0 spiro atoms. The maximum absolute atomic E-state index is 12.3. The van der Waals surface area contributed by atoms with Gasteiger partial charge in [0.15, 0.2) is 0 Å². The highest BCUT2D eigenvalue weighted by Crippen LogP contribution is 2.18. The molecule has 0 radical (unpaired) electrons. The van der Waals surface area contributed by atoms with Gasteiger partial charge in [-0.1, -0.05) is 48.0 Å². The van der Waals surface area contributed by atoms with Crippen LogP contribution in [0.1, 0.15) is 31.9 Å². The second kappa shape index (κ2) is 7.30. The molecule has 1 amide bonds.